The molecule has 1 saturated heterocycles. The molecule has 0 bridgehead atoms. The van der Waals surface area contributed by atoms with Crippen molar-refractivity contribution in [3.63, 3.8) is 0 Å². The van der Waals surface area contributed by atoms with E-state index in [2.05, 4.69) is 46.8 Å². The highest BCUT2D eigenvalue weighted by Crippen LogP contribution is 2.30. The molecule has 0 spiro atoms. The maximum Gasteiger partial charge on any atom is 0.266 e. The summed E-state index contributed by atoms with van der Waals surface area (Å²) in [7, 11) is 0. The minimum Gasteiger partial charge on any atom is -0.364 e. The number of hydrogen-bond acceptors (Lipinski definition) is 4. The maximum atomic E-state index is 13.5. The fourth-order valence-electron chi connectivity index (χ4n) is 3.92. The first kappa shape index (κ1) is 22.9. The zero-order valence-corrected chi connectivity index (χ0v) is 18.6. The number of halogens is 2. The summed E-state index contributed by atoms with van der Waals surface area (Å²) in [4.78, 5) is 19.0. The van der Waals surface area contributed by atoms with Gasteiger partial charge in [-0.2, -0.15) is 0 Å². The molecule has 3 aromatic rings. The van der Waals surface area contributed by atoms with Crippen molar-refractivity contribution in [1.82, 2.24) is 10.3 Å². The van der Waals surface area contributed by atoms with E-state index in [4.69, 9.17) is 0 Å². The number of amides is 1. The Morgan fingerprint density at radius 1 is 1.09 bits per heavy atom. The van der Waals surface area contributed by atoms with Crippen LogP contribution in [-0.4, -0.2) is 36.4 Å². The standard InChI is InChI=1S/C26H28F2N4O/c1-19-7-9-20(10-8-19)13-15-29-24(21-5-3-2-4-6-21)25(33)31-23-12-11-22(17-30-23)32-16-14-26(27,28)18-32/h2-12,17,24,29H,13-16,18H2,1H3,(H,30,31,33)/t24-/m1/s1. The van der Waals surface area contributed by atoms with Crippen molar-refractivity contribution >= 4 is 17.4 Å². The molecule has 1 fully saturated rings. The number of anilines is 2. The topological polar surface area (TPSA) is 57.3 Å². The third-order valence-electron chi connectivity index (χ3n) is 5.81. The van der Waals surface area contributed by atoms with Gasteiger partial charge in [0.25, 0.3) is 5.92 Å². The molecule has 0 aliphatic carbocycles. The number of benzene rings is 2. The number of carbonyl (C=O) groups is 1. The van der Waals surface area contributed by atoms with E-state index in [-0.39, 0.29) is 18.9 Å². The number of aromatic nitrogens is 1. The molecule has 4 rings (SSSR count). The van der Waals surface area contributed by atoms with Crippen molar-refractivity contribution in [1.29, 1.82) is 0 Å². The molecule has 33 heavy (non-hydrogen) atoms. The molecule has 1 aliphatic heterocycles. The first-order valence-electron chi connectivity index (χ1n) is 11.1. The third kappa shape index (κ3) is 6.14. The van der Waals surface area contributed by atoms with Crippen LogP contribution in [0.4, 0.5) is 20.3 Å². The van der Waals surface area contributed by atoms with E-state index < -0.39 is 12.0 Å². The van der Waals surface area contributed by atoms with Gasteiger partial charge in [0, 0.05) is 19.5 Å². The molecular weight excluding hydrogens is 422 g/mol. The van der Waals surface area contributed by atoms with E-state index in [1.54, 1.807) is 17.0 Å². The number of aryl methyl sites for hydroxylation is 1. The fraction of sp³-hybridized carbons (Fsp3) is 0.308. The van der Waals surface area contributed by atoms with Gasteiger partial charge in [-0.05, 0) is 36.6 Å². The molecule has 2 heterocycles. The number of alkyl halides is 2. The van der Waals surface area contributed by atoms with Crippen molar-refractivity contribution in [2.45, 2.75) is 31.7 Å². The van der Waals surface area contributed by atoms with Crippen molar-refractivity contribution in [2.24, 2.45) is 0 Å². The van der Waals surface area contributed by atoms with Crippen LogP contribution in [0.2, 0.25) is 0 Å². The normalized spacial score (nSPS) is 15.9. The molecule has 0 saturated carbocycles. The van der Waals surface area contributed by atoms with Crippen LogP contribution < -0.4 is 15.5 Å². The lowest BCUT2D eigenvalue weighted by atomic mass is 10.1. The molecule has 0 radical (unpaired) electrons. The van der Waals surface area contributed by atoms with Crippen molar-refractivity contribution < 1.29 is 13.6 Å². The summed E-state index contributed by atoms with van der Waals surface area (Å²) >= 11 is 0. The minimum absolute atomic E-state index is 0.154. The third-order valence-corrected chi connectivity index (χ3v) is 5.81. The lowest BCUT2D eigenvalue weighted by Gasteiger charge is -2.20. The summed E-state index contributed by atoms with van der Waals surface area (Å²) in [6.07, 6.45) is 2.17. The Morgan fingerprint density at radius 3 is 2.48 bits per heavy atom. The van der Waals surface area contributed by atoms with Gasteiger partial charge in [0.1, 0.15) is 11.9 Å². The molecule has 2 N–H and O–H groups in total. The van der Waals surface area contributed by atoms with Crippen LogP contribution in [0.5, 0.6) is 0 Å². The Balaban J connectivity index is 1.40. The number of nitrogens with one attached hydrogen (secondary N) is 2. The van der Waals surface area contributed by atoms with Gasteiger partial charge in [0.15, 0.2) is 0 Å². The Hall–Kier alpha value is -3.32. The van der Waals surface area contributed by atoms with Crippen LogP contribution in [0.25, 0.3) is 0 Å². The van der Waals surface area contributed by atoms with Gasteiger partial charge >= 0.3 is 0 Å². The van der Waals surface area contributed by atoms with Crippen LogP contribution in [-0.2, 0) is 11.2 Å². The molecule has 1 aliphatic rings. The fourth-order valence-corrected chi connectivity index (χ4v) is 3.92. The molecule has 1 amide bonds. The SMILES string of the molecule is Cc1ccc(CCN[C@@H](C(=O)Nc2ccc(N3CCC(F)(F)C3)cn2)c2ccccc2)cc1. The van der Waals surface area contributed by atoms with Gasteiger partial charge in [-0.15, -0.1) is 0 Å². The van der Waals surface area contributed by atoms with Gasteiger partial charge in [0.05, 0.1) is 18.4 Å². The molecule has 5 nitrogen and oxygen atoms in total. The quantitative estimate of drug-likeness (QED) is 0.520. The Morgan fingerprint density at radius 2 is 1.85 bits per heavy atom. The summed E-state index contributed by atoms with van der Waals surface area (Å²) < 4.78 is 27.0. The predicted molar refractivity (Wildman–Crippen MR) is 127 cm³/mol. The number of pyridine rings is 1. The molecule has 1 atom stereocenters. The molecule has 7 heteroatoms. The number of nitrogens with zero attached hydrogens (tertiary/aromatic N) is 2. The Labute approximate surface area is 192 Å². The van der Waals surface area contributed by atoms with E-state index in [1.165, 1.54) is 17.3 Å². The second-order valence-corrected chi connectivity index (χ2v) is 8.45. The smallest absolute Gasteiger partial charge is 0.266 e. The number of hydrogen-bond donors (Lipinski definition) is 2. The van der Waals surface area contributed by atoms with Crippen LogP contribution in [0.1, 0.15) is 29.2 Å². The van der Waals surface area contributed by atoms with Gasteiger partial charge in [-0.1, -0.05) is 60.2 Å². The van der Waals surface area contributed by atoms with E-state index in [1.807, 2.05) is 30.3 Å². The van der Waals surface area contributed by atoms with Crippen LogP contribution in [0, 0.1) is 6.92 Å². The first-order chi connectivity index (χ1) is 15.9. The summed E-state index contributed by atoms with van der Waals surface area (Å²) in [5.74, 6) is -2.51. The number of carbonyl (C=O) groups excluding carboxylic acids is 1. The molecule has 2 aromatic carbocycles. The van der Waals surface area contributed by atoms with E-state index in [0.717, 1.165) is 12.0 Å². The van der Waals surface area contributed by atoms with Crippen LogP contribution in [0.3, 0.4) is 0 Å². The summed E-state index contributed by atoms with van der Waals surface area (Å²) in [6.45, 7) is 2.67. The highest BCUT2D eigenvalue weighted by Gasteiger charge is 2.38. The second-order valence-electron chi connectivity index (χ2n) is 8.45. The van der Waals surface area contributed by atoms with Crippen molar-refractivity contribution in [3.05, 3.63) is 89.6 Å². The maximum absolute atomic E-state index is 13.5. The van der Waals surface area contributed by atoms with Gasteiger partial charge < -0.3 is 15.5 Å². The predicted octanol–water partition coefficient (Wildman–Crippen LogP) is 4.75. The monoisotopic (exact) mass is 450 g/mol. The van der Waals surface area contributed by atoms with E-state index in [9.17, 15) is 13.6 Å². The van der Waals surface area contributed by atoms with E-state index >= 15 is 0 Å². The minimum atomic E-state index is -2.67. The van der Waals surface area contributed by atoms with E-state index in [0.29, 0.717) is 24.6 Å². The largest absolute Gasteiger partial charge is 0.364 e. The number of rotatable bonds is 8. The summed E-state index contributed by atoms with van der Waals surface area (Å²) in [5.41, 5.74) is 3.89. The zero-order chi connectivity index (χ0) is 23.3. The van der Waals surface area contributed by atoms with Crippen molar-refractivity contribution in [2.75, 3.05) is 29.9 Å². The highest BCUT2D eigenvalue weighted by molar-refractivity contribution is 5.94. The van der Waals surface area contributed by atoms with Crippen LogP contribution in [0.15, 0.2) is 72.9 Å². The molecule has 0 unspecified atom stereocenters. The summed E-state index contributed by atoms with van der Waals surface area (Å²) in [6, 6.07) is 20.7. The van der Waals surface area contributed by atoms with Gasteiger partial charge in [-0.3, -0.25) is 4.79 Å². The molecular formula is C26H28F2N4O. The van der Waals surface area contributed by atoms with Gasteiger partial charge in [0.2, 0.25) is 5.91 Å². The lowest BCUT2D eigenvalue weighted by Crippen LogP contribution is -2.34. The average Bonchev–Trinajstić information content (AvgIpc) is 3.18. The molecule has 172 valence electrons. The molecule has 1 aromatic heterocycles. The van der Waals surface area contributed by atoms with Crippen LogP contribution >= 0.6 is 0 Å². The first-order valence-corrected chi connectivity index (χ1v) is 11.1. The second kappa shape index (κ2) is 10.1. The highest BCUT2D eigenvalue weighted by atomic mass is 19.3. The van der Waals surface area contributed by atoms with Crippen molar-refractivity contribution in [3.8, 4) is 0 Å². The van der Waals surface area contributed by atoms with Gasteiger partial charge in [-0.25, -0.2) is 13.8 Å². The Kier molecular flexibility index (Phi) is 6.99. The summed E-state index contributed by atoms with van der Waals surface area (Å²) in [5, 5.41) is 6.20. The zero-order valence-electron chi connectivity index (χ0n) is 18.6. The lowest BCUT2D eigenvalue weighted by molar-refractivity contribution is -0.118. The average molecular weight is 451 g/mol. The Bertz CT molecular complexity index is 1060.